The van der Waals surface area contributed by atoms with Crippen LogP contribution in [0.1, 0.15) is 41.8 Å². The summed E-state index contributed by atoms with van der Waals surface area (Å²) in [5.74, 6) is 0. The zero-order valence-corrected chi connectivity index (χ0v) is 10.0. The first-order chi connectivity index (χ1) is 6.68. The lowest BCUT2D eigenvalue weighted by molar-refractivity contribution is 0.189. The van der Waals surface area contributed by atoms with E-state index in [1.54, 1.807) is 0 Å². The number of nitrogens with zero attached hydrogens (tertiary/aromatic N) is 1. The van der Waals surface area contributed by atoms with E-state index < -0.39 is 0 Å². The molecule has 0 bridgehead atoms. The highest BCUT2D eigenvalue weighted by molar-refractivity contribution is 7.11. The topological polar surface area (TPSA) is 24.9 Å². The van der Waals surface area contributed by atoms with E-state index in [0.29, 0.717) is 0 Å². The lowest BCUT2D eigenvalue weighted by atomic mass is 9.77. The van der Waals surface area contributed by atoms with Crippen molar-refractivity contribution in [2.24, 2.45) is 0 Å². The van der Waals surface area contributed by atoms with Crippen LogP contribution in [0.5, 0.6) is 0 Å². The monoisotopic (exact) mass is 210 g/mol. The fourth-order valence-electron chi connectivity index (χ4n) is 2.01. The summed E-state index contributed by atoms with van der Waals surface area (Å²) in [7, 11) is 0. The molecule has 0 unspecified atom stereocenters. The van der Waals surface area contributed by atoms with Crippen LogP contribution in [0.25, 0.3) is 0 Å². The van der Waals surface area contributed by atoms with Crippen LogP contribution >= 0.6 is 11.3 Å². The van der Waals surface area contributed by atoms with Crippen molar-refractivity contribution in [1.29, 1.82) is 0 Å². The molecule has 0 amide bonds. The molecular formula is C11H18N2S. The van der Waals surface area contributed by atoms with Crippen LogP contribution in [-0.2, 0) is 5.54 Å². The molecule has 0 atom stereocenters. The van der Waals surface area contributed by atoms with Gasteiger partial charge in [-0.3, -0.25) is 0 Å². The smallest absolute Gasteiger partial charge is 0.113 e. The largest absolute Gasteiger partial charge is 0.306 e. The Bertz CT molecular complexity index is 307. The predicted octanol–water partition coefficient (Wildman–Crippen LogP) is 2.75. The standard InChI is InChI=1S/C11H18N2S/c1-4-12-11(6-5-7-11)10-13-8(2)9(3)14-10/h12H,4-7H2,1-3H3. The number of nitrogens with one attached hydrogen (secondary N) is 1. The number of thiazole rings is 1. The molecule has 1 fully saturated rings. The first-order valence-corrected chi connectivity index (χ1v) is 6.19. The van der Waals surface area contributed by atoms with Gasteiger partial charge in [0.15, 0.2) is 0 Å². The number of hydrogen-bond donors (Lipinski definition) is 1. The van der Waals surface area contributed by atoms with E-state index in [0.717, 1.165) is 6.54 Å². The Morgan fingerprint density at radius 1 is 1.43 bits per heavy atom. The highest BCUT2D eigenvalue weighted by atomic mass is 32.1. The van der Waals surface area contributed by atoms with Gasteiger partial charge in [-0.05, 0) is 39.7 Å². The Morgan fingerprint density at radius 2 is 2.14 bits per heavy atom. The van der Waals surface area contributed by atoms with Gasteiger partial charge in [-0.2, -0.15) is 0 Å². The molecule has 0 aromatic carbocycles. The lowest BCUT2D eigenvalue weighted by Crippen LogP contribution is -2.47. The molecule has 1 heterocycles. The molecule has 0 radical (unpaired) electrons. The summed E-state index contributed by atoms with van der Waals surface area (Å²) in [6, 6.07) is 0. The van der Waals surface area contributed by atoms with Gasteiger partial charge >= 0.3 is 0 Å². The van der Waals surface area contributed by atoms with Crippen LogP contribution in [0.4, 0.5) is 0 Å². The second-order valence-corrected chi connectivity index (χ2v) is 5.33. The van der Waals surface area contributed by atoms with Crippen LogP contribution in [0.15, 0.2) is 0 Å². The van der Waals surface area contributed by atoms with E-state index in [9.17, 15) is 0 Å². The van der Waals surface area contributed by atoms with Gasteiger partial charge in [-0.15, -0.1) is 11.3 Å². The Labute approximate surface area is 89.8 Å². The molecule has 3 heteroatoms. The molecule has 1 N–H and O–H groups in total. The summed E-state index contributed by atoms with van der Waals surface area (Å²) in [4.78, 5) is 6.04. The molecule has 1 aromatic heterocycles. The van der Waals surface area contributed by atoms with Gasteiger partial charge in [0.1, 0.15) is 5.01 Å². The summed E-state index contributed by atoms with van der Waals surface area (Å²) in [6.07, 6.45) is 3.85. The fourth-order valence-corrected chi connectivity index (χ4v) is 3.15. The van der Waals surface area contributed by atoms with Crippen molar-refractivity contribution in [3.05, 3.63) is 15.6 Å². The summed E-state index contributed by atoms with van der Waals surface area (Å²) in [5.41, 5.74) is 1.44. The molecule has 0 saturated heterocycles. The zero-order valence-electron chi connectivity index (χ0n) is 9.18. The molecular weight excluding hydrogens is 192 g/mol. The van der Waals surface area contributed by atoms with Gasteiger partial charge < -0.3 is 5.32 Å². The minimum absolute atomic E-state index is 0.235. The van der Waals surface area contributed by atoms with Gasteiger partial charge in [0.2, 0.25) is 0 Å². The van der Waals surface area contributed by atoms with Crippen molar-refractivity contribution in [2.45, 2.75) is 45.6 Å². The van der Waals surface area contributed by atoms with Gasteiger partial charge in [-0.1, -0.05) is 6.92 Å². The normalized spacial score (nSPS) is 19.4. The van der Waals surface area contributed by atoms with Crippen molar-refractivity contribution in [3.63, 3.8) is 0 Å². The Kier molecular flexibility index (Phi) is 2.62. The first kappa shape index (κ1) is 10.1. The van der Waals surface area contributed by atoms with Crippen molar-refractivity contribution in [1.82, 2.24) is 10.3 Å². The second-order valence-electron chi connectivity index (χ2n) is 4.13. The van der Waals surface area contributed by atoms with E-state index >= 15 is 0 Å². The van der Waals surface area contributed by atoms with Crippen molar-refractivity contribution < 1.29 is 0 Å². The van der Waals surface area contributed by atoms with E-state index in [1.165, 1.54) is 34.8 Å². The van der Waals surface area contributed by atoms with Crippen LogP contribution in [0.3, 0.4) is 0 Å². The van der Waals surface area contributed by atoms with Gasteiger partial charge in [0.05, 0.1) is 11.2 Å². The van der Waals surface area contributed by atoms with Crippen molar-refractivity contribution in [3.8, 4) is 0 Å². The molecule has 1 saturated carbocycles. The average Bonchev–Trinajstić information content (AvgIpc) is 2.40. The molecule has 0 spiro atoms. The summed E-state index contributed by atoms with van der Waals surface area (Å²) in [6.45, 7) is 7.48. The van der Waals surface area contributed by atoms with Crippen LogP contribution in [-0.4, -0.2) is 11.5 Å². The maximum Gasteiger partial charge on any atom is 0.113 e. The van der Waals surface area contributed by atoms with E-state index in [-0.39, 0.29) is 5.54 Å². The molecule has 1 aromatic rings. The Balaban J connectivity index is 2.27. The average molecular weight is 210 g/mol. The number of rotatable bonds is 3. The SMILES string of the molecule is CCNC1(c2nc(C)c(C)s2)CCC1. The van der Waals surface area contributed by atoms with E-state index in [1.807, 2.05) is 11.3 Å². The van der Waals surface area contributed by atoms with Gasteiger partial charge in [0.25, 0.3) is 0 Å². The molecule has 1 aliphatic rings. The van der Waals surface area contributed by atoms with Crippen molar-refractivity contribution in [2.75, 3.05) is 6.54 Å². The van der Waals surface area contributed by atoms with E-state index in [2.05, 4.69) is 31.1 Å². The molecule has 78 valence electrons. The number of aryl methyl sites for hydroxylation is 2. The number of aromatic nitrogens is 1. The third kappa shape index (κ3) is 1.48. The maximum atomic E-state index is 4.68. The Morgan fingerprint density at radius 3 is 2.50 bits per heavy atom. The third-order valence-electron chi connectivity index (χ3n) is 3.16. The molecule has 0 aliphatic heterocycles. The quantitative estimate of drug-likeness (QED) is 0.829. The van der Waals surface area contributed by atoms with Gasteiger partial charge in [0, 0.05) is 4.88 Å². The summed E-state index contributed by atoms with van der Waals surface area (Å²) >= 11 is 1.86. The van der Waals surface area contributed by atoms with Crippen molar-refractivity contribution >= 4 is 11.3 Å². The second kappa shape index (κ2) is 3.63. The predicted molar refractivity (Wildman–Crippen MR) is 60.8 cm³/mol. The maximum absolute atomic E-state index is 4.68. The summed E-state index contributed by atoms with van der Waals surface area (Å²) in [5, 5.41) is 4.91. The highest BCUT2D eigenvalue weighted by Gasteiger charge is 2.40. The van der Waals surface area contributed by atoms with Crippen LogP contribution < -0.4 is 5.32 Å². The minimum atomic E-state index is 0.235. The third-order valence-corrected chi connectivity index (χ3v) is 4.44. The summed E-state index contributed by atoms with van der Waals surface area (Å²) < 4.78 is 0. The highest BCUT2D eigenvalue weighted by Crippen LogP contribution is 2.43. The molecule has 2 nitrogen and oxygen atoms in total. The fraction of sp³-hybridized carbons (Fsp3) is 0.727. The van der Waals surface area contributed by atoms with Crippen LogP contribution in [0.2, 0.25) is 0 Å². The van der Waals surface area contributed by atoms with Gasteiger partial charge in [-0.25, -0.2) is 4.98 Å². The number of hydrogen-bond acceptors (Lipinski definition) is 3. The van der Waals surface area contributed by atoms with Crippen LogP contribution in [0, 0.1) is 13.8 Å². The Hall–Kier alpha value is -0.410. The van der Waals surface area contributed by atoms with E-state index in [4.69, 9.17) is 0 Å². The lowest BCUT2D eigenvalue weighted by Gasteiger charge is -2.40. The molecule has 14 heavy (non-hydrogen) atoms. The molecule has 1 aliphatic carbocycles. The zero-order chi connectivity index (χ0) is 10.2. The first-order valence-electron chi connectivity index (χ1n) is 5.37. The minimum Gasteiger partial charge on any atom is -0.306 e. The molecule has 2 rings (SSSR count).